The molecule has 0 saturated heterocycles. The Kier molecular flexibility index (Phi) is 5.44. The van der Waals surface area contributed by atoms with E-state index in [0.29, 0.717) is 0 Å². The average molecular weight is 286 g/mol. The lowest BCUT2D eigenvalue weighted by atomic mass is 9.98. The summed E-state index contributed by atoms with van der Waals surface area (Å²) >= 11 is 0. The number of amides is 1. The molecule has 1 aromatic carbocycles. The lowest BCUT2D eigenvalue weighted by Gasteiger charge is -2.22. The number of halogens is 2. The first-order valence-corrected chi connectivity index (χ1v) is 6.35. The number of alkyl carbamates (subject to hydrolysis) is 1. The largest absolute Gasteiger partial charge is 0.444 e. The molecule has 1 aromatic rings. The molecule has 0 fully saturated rings. The van der Waals surface area contributed by atoms with E-state index in [1.807, 2.05) is 0 Å². The van der Waals surface area contributed by atoms with Crippen molar-refractivity contribution in [1.29, 1.82) is 0 Å². The van der Waals surface area contributed by atoms with Gasteiger partial charge in [-0.2, -0.15) is 0 Å². The van der Waals surface area contributed by atoms with Gasteiger partial charge in [0.2, 0.25) is 0 Å². The Hall–Kier alpha value is -1.69. The highest BCUT2D eigenvalue weighted by Gasteiger charge is 2.21. The Morgan fingerprint density at radius 3 is 2.35 bits per heavy atom. The Bertz CT molecular complexity index is 452. The number of hydrogen-bond donors (Lipinski definition) is 2. The summed E-state index contributed by atoms with van der Waals surface area (Å²) in [7, 11) is 0. The van der Waals surface area contributed by atoms with E-state index in [1.165, 1.54) is 6.07 Å². The number of carbonyl (C=O) groups is 1. The molecule has 0 aliphatic carbocycles. The zero-order valence-corrected chi connectivity index (χ0v) is 11.9. The van der Waals surface area contributed by atoms with Crippen LogP contribution in [0.4, 0.5) is 13.6 Å². The van der Waals surface area contributed by atoms with Crippen LogP contribution in [-0.2, 0) is 4.74 Å². The molecule has 4 nitrogen and oxygen atoms in total. The summed E-state index contributed by atoms with van der Waals surface area (Å²) in [5.74, 6) is -2.00. The van der Waals surface area contributed by atoms with Gasteiger partial charge in [-0.3, -0.25) is 0 Å². The van der Waals surface area contributed by atoms with Crippen molar-refractivity contribution in [3.63, 3.8) is 0 Å². The minimum atomic E-state index is -0.675. The molecule has 0 radical (unpaired) electrons. The van der Waals surface area contributed by atoms with Crippen molar-refractivity contribution < 1.29 is 18.3 Å². The smallest absolute Gasteiger partial charge is 0.407 e. The summed E-state index contributed by atoms with van der Waals surface area (Å²) < 4.78 is 32.3. The van der Waals surface area contributed by atoms with Crippen LogP contribution in [0.1, 0.15) is 32.3 Å². The van der Waals surface area contributed by atoms with Gasteiger partial charge >= 0.3 is 6.09 Å². The minimum Gasteiger partial charge on any atom is -0.444 e. The fourth-order valence-corrected chi connectivity index (χ4v) is 1.72. The van der Waals surface area contributed by atoms with Crippen LogP contribution in [0, 0.1) is 11.6 Å². The number of benzene rings is 1. The highest BCUT2D eigenvalue weighted by Crippen LogP contribution is 2.21. The maximum Gasteiger partial charge on any atom is 0.407 e. The molecule has 1 amide bonds. The third-order valence-electron chi connectivity index (χ3n) is 2.58. The molecule has 1 rings (SSSR count). The van der Waals surface area contributed by atoms with E-state index in [0.717, 1.165) is 12.1 Å². The van der Waals surface area contributed by atoms with E-state index in [4.69, 9.17) is 10.5 Å². The van der Waals surface area contributed by atoms with Crippen molar-refractivity contribution in [1.82, 2.24) is 5.32 Å². The second-order valence-corrected chi connectivity index (χ2v) is 5.45. The van der Waals surface area contributed by atoms with Crippen molar-refractivity contribution in [3.05, 3.63) is 35.4 Å². The van der Waals surface area contributed by atoms with Gasteiger partial charge in [-0.15, -0.1) is 0 Å². The number of rotatable bonds is 4. The van der Waals surface area contributed by atoms with Gasteiger partial charge in [-0.25, -0.2) is 13.6 Å². The van der Waals surface area contributed by atoms with E-state index >= 15 is 0 Å². The topological polar surface area (TPSA) is 64.3 Å². The quantitative estimate of drug-likeness (QED) is 0.894. The Morgan fingerprint density at radius 2 is 1.90 bits per heavy atom. The minimum absolute atomic E-state index is 0.00324. The van der Waals surface area contributed by atoms with Gasteiger partial charge in [-0.05, 0) is 32.9 Å². The summed E-state index contributed by atoms with van der Waals surface area (Å²) in [4.78, 5) is 11.5. The summed E-state index contributed by atoms with van der Waals surface area (Å²) in [5.41, 5.74) is 4.78. The van der Waals surface area contributed by atoms with Gasteiger partial charge in [0.15, 0.2) is 0 Å². The fraction of sp³-hybridized carbons (Fsp3) is 0.500. The van der Waals surface area contributed by atoms with Gasteiger partial charge in [0.25, 0.3) is 0 Å². The molecule has 20 heavy (non-hydrogen) atoms. The Balaban J connectivity index is 2.71. The molecule has 1 atom stereocenters. The standard InChI is InChI=1S/C14H20F2N2O2/c1-14(2,3)20-13(19)18-8-9(7-17)12-10(15)5-4-6-11(12)16/h4-6,9H,7-8,17H2,1-3H3,(H,18,19). The number of nitrogens with one attached hydrogen (secondary N) is 1. The molecular formula is C14H20F2N2O2. The van der Waals surface area contributed by atoms with Crippen molar-refractivity contribution in [2.24, 2.45) is 5.73 Å². The van der Waals surface area contributed by atoms with Crippen LogP contribution in [-0.4, -0.2) is 24.8 Å². The zero-order valence-electron chi connectivity index (χ0n) is 11.9. The van der Waals surface area contributed by atoms with Crippen LogP contribution in [0.2, 0.25) is 0 Å². The maximum atomic E-state index is 13.6. The van der Waals surface area contributed by atoms with Gasteiger partial charge in [0.1, 0.15) is 17.2 Å². The number of hydrogen-bond acceptors (Lipinski definition) is 3. The zero-order chi connectivity index (χ0) is 15.3. The second kappa shape index (κ2) is 6.65. The number of ether oxygens (including phenoxy) is 1. The molecule has 0 spiro atoms. The molecule has 0 aliphatic heterocycles. The fourth-order valence-electron chi connectivity index (χ4n) is 1.72. The van der Waals surface area contributed by atoms with E-state index in [9.17, 15) is 13.6 Å². The first-order chi connectivity index (χ1) is 9.24. The lowest BCUT2D eigenvalue weighted by molar-refractivity contribution is 0.0524. The highest BCUT2D eigenvalue weighted by molar-refractivity contribution is 5.67. The summed E-state index contributed by atoms with van der Waals surface area (Å²) in [6.45, 7) is 5.19. The molecular weight excluding hydrogens is 266 g/mol. The third-order valence-corrected chi connectivity index (χ3v) is 2.58. The summed E-state index contributed by atoms with van der Waals surface area (Å²) in [6.07, 6.45) is -0.646. The van der Waals surface area contributed by atoms with Crippen LogP contribution in [0.25, 0.3) is 0 Å². The van der Waals surface area contributed by atoms with Gasteiger partial charge in [0, 0.05) is 24.6 Å². The van der Waals surface area contributed by atoms with E-state index in [-0.39, 0.29) is 18.7 Å². The highest BCUT2D eigenvalue weighted by atomic mass is 19.1. The van der Waals surface area contributed by atoms with Crippen LogP contribution in [0.15, 0.2) is 18.2 Å². The maximum absolute atomic E-state index is 13.6. The molecule has 0 aliphatic rings. The summed E-state index contributed by atoms with van der Waals surface area (Å²) in [6, 6.07) is 3.60. The Morgan fingerprint density at radius 1 is 1.35 bits per heavy atom. The first-order valence-electron chi connectivity index (χ1n) is 6.35. The Labute approximate surface area is 117 Å². The van der Waals surface area contributed by atoms with Crippen molar-refractivity contribution in [3.8, 4) is 0 Å². The molecule has 0 aromatic heterocycles. The number of carbonyl (C=O) groups excluding carboxylic acids is 1. The van der Waals surface area contributed by atoms with E-state index < -0.39 is 29.2 Å². The predicted octanol–water partition coefficient (Wildman–Crippen LogP) is 2.53. The van der Waals surface area contributed by atoms with Crippen molar-refractivity contribution in [2.45, 2.75) is 32.3 Å². The monoisotopic (exact) mass is 286 g/mol. The molecule has 3 N–H and O–H groups in total. The molecule has 0 bridgehead atoms. The van der Waals surface area contributed by atoms with Crippen LogP contribution >= 0.6 is 0 Å². The molecule has 112 valence electrons. The molecule has 0 saturated carbocycles. The van der Waals surface area contributed by atoms with Gasteiger partial charge in [-0.1, -0.05) is 6.07 Å². The average Bonchev–Trinajstić information content (AvgIpc) is 2.30. The van der Waals surface area contributed by atoms with E-state index in [2.05, 4.69) is 5.32 Å². The normalized spacial score (nSPS) is 12.9. The van der Waals surface area contributed by atoms with Crippen molar-refractivity contribution in [2.75, 3.05) is 13.1 Å². The SMILES string of the molecule is CC(C)(C)OC(=O)NCC(CN)c1c(F)cccc1F. The van der Waals surface area contributed by atoms with Crippen LogP contribution in [0.3, 0.4) is 0 Å². The lowest BCUT2D eigenvalue weighted by Crippen LogP contribution is -2.36. The molecule has 6 heteroatoms. The van der Waals surface area contributed by atoms with Gasteiger partial charge in [0.05, 0.1) is 0 Å². The van der Waals surface area contributed by atoms with Crippen molar-refractivity contribution >= 4 is 6.09 Å². The van der Waals surface area contributed by atoms with Crippen LogP contribution < -0.4 is 11.1 Å². The van der Waals surface area contributed by atoms with Gasteiger partial charge < -0.3 is 15.8 Å². The predicted molar refractivity (Wildman–Crippen MR) is 72.4 cm³/mol. The van der Waals surface area contributed by atoms with Crippen LogP contribution in [0.5, 0.6) is 0 Å². The third kappa shape index (κ3) is 4.77. The number of nitrogens with two attached hydrogens (primary N) is 1. The second-order valence-electron chi connectivity index (χ2n) is 5.45. The van der Waals surface area contributed by atoms with E-state index in [1.54, 1.807) is 20.8 Å². The first kappa shape index (κ1) is 16.4. The molecule has 1 unspecified atom stereocenters. The molecule has 0 heterocycles. The summed E-state index contributed by atoms with van der Waals surface area (Å²) in [5, 5.41) is 2.47.